The Labute approximate surface area is 194 Å². The molecule has 0 amide bonds. The molecule has 2 fully saturated rings. The second-order valence-electron chi connectivity index (χ2n) is 8.70. The first-order valence-corrected chi connectivity index (χ1v) is 11.3. The van der Waals surface area contributed by atoms with Crippen molar-refractivity contribution in [2.45, 2.75) is 18.9 Å². The summed E-state index contributed by atoms with van der Waals surface area (Å²) in [6, 6.07) is 12.1. The van der Waals surface area contributed by atoms with Crippen molar-refractivity contribution in [3.63, 3.8) is 0 Å². The van der Waals surface area contributed by atoms with Gasteiger partial charge in [-0.3, -0.25) is 14.5 Å². The number of anilines is 1. The zero-order valence-corrected chi connectivity index (χ0v) is 18.4. The molecule has 9 heteroatoms. The van der Waals surface area contributed by atoms with Gasteiger partial charge in [0, 0.05) is 37.8 Å². The summed E-state index contributed by atoms with van der Waals surface area (Å²) in [5.74, 6) is -0.817. The van der Waals surface area contributed by atoms with E-state index in [4.69, 9.17) is 5.11 Å². The molecule has 3 aromatic rings. The summed E-state index contributed by atoms with van der Waals surface area (Å²) in [7, 11) is 0. The lowest BCUT2D eigenvalue weighted by molar-refractivity contribution is 0.0926. The summed E-state index contributed by atoms with van der Waals surface area (Å²) < 4.78 is 21.6. The lowest BCUT2D eigenvalue weighted by Gasteiger charge is -2.36. The van der Waals surface area contributed by atoms with E-state index >= 15 is 4.39 Å². The molecule has 2 heterocycles. The van der Waals surface area contributed by atoms with E-state index in [0.29, 0.717) is 49.5 Å². The SMILES string of the molecule is O=C(O)Oc1cn(C2CC2)c2cc(N3CCN(CC(=O)c4ccccc4)CC3)c(F)cc2c1=O. The average molecular weight is 465 g/mol. The second kappa shape index (κ2) is 8.90. The third-order valence-electron chi connectivity index (χ3n) is 6.38. The molecule has 1 aliphatic carbocycles. The van der Waals surface area contributed by atoms with Gasteiger partial charge in [-0.1, -0.05) is 30.3 Å². The van der Waals surface area contributed by atoms with Gasteiger partial charge in [-0.15, -0.1) is 0 Å². The van der Waals surface area contributed by atoms with E-state index in [1.165, 1.54) is 12.3 Å². The first-order valence-electron chi connectivity index (χ1n) is 11.3. The summed E-state index contributed by atoms with van der Waals surface area (Å²) in [4.78, 5) is 40.2. The van der Waals surface area contributed by atoms with Gasteiger partial charge in [-0.25, -0.2) is 9.18 Å². The molecule has 176 valence electrons. The van der Waals surface area contributed by atoms with Crippen LogP contribution >= 0.6 is 0 Å². The third-order valence-corrected chi connectivity index (χ3v) is 6.38. The molecule has 0 spiro atoms. The number of benzene rings is 2. The number of carbonyl (C=O) groups is 2. The Hall–Kier alpha value is -3.72. The van der Waals surface area contributed by atoms with E-state index in [1.54, 1.807) is 18.2 Å². The van der Waals surface area contributed by atoms with E-state index in [2.05, 4.69) is 9.64 Å². The first-order chi connectivity index (χ1) is 16.4. The van der Waals surface area contributed by atoms with Gasteiger partial charge in [0.15, 0.2) is 11.5 Å². The molecule has 8 nitrogen and oxygen atoms in total. The van der Waals surface area contributed by atoms with Gasteiger partial charge in [0.2, 0.25) is 5.43 Å². The van der Waals surface area contributed by atoms with E-state index in [1.807, 2.05) is 27.7 Å². The number of pyridine rings is 1. The molecule has 0 unspecified atom stereocenters. The molecule has 0 atom stereocenters. The Morgan fingerprint density at radius 1 is 1.06 bits per heavy atom. The van der Waals surface area contributed by atoms with E-state index in [-0.39, 0.29) is 23.0 Å². The molecule has 2 aromatic carbocycles. The number of piperazine rings is 1. The number of fused-ring (bicyclic) bond motifs is 1. The fourth-order valence-corrected chi connectivity index (χ4v) is 4.46. The molecule has 1 N–H and O–H groups in total. The number of aromatic nitrogens is 1. The molecule has 2 aliphatic rings. The number of carboxylic acid groups (broad SMARTS) is 1. The number of rotatable bonds is 6. The number of ketones is 1. The van der Waals surface area contributed by atoms with Crippen molar-refractivity contribution in [3.05, 3.63) is 70.3 Å². The van der Waals surface area contributed by atoms with Crippen molar-refractivity contribution in [1.82, 2.24) is 9.47 Å². The van der Waals surface area contributed by atoms with Gasteiger partial charge in [-0.05, 0) is 25.0 Å². The fraction of sp³-hybridized carbons (Fsp3) is 0.320. The largest absolute Gasteiger partial charge is 0.511 e. The van der Waals surface area contributed by atoms with Crippen LogP contribution in [0.5, 0.6) is 5.75 Å². The number of Topliss-reactive ketones (excluding diaryl/α,β-unsaturated/α-hetero) is 1. The number of halogens is 1. The van der Waals surface area contributed by atoms with Crippen LogP contribution in [0.1, 0.15) is 29.2 Å². The Bertz CT molecular complexity index is 1310. The van der Waals surface area contributed by atoms with Crippen LogP contribution in [0.15, 0.2) is 53.5 Å². The molecule has 0 radical (unpaired) electrons. The fourth-order valence-electron chi connectivity index (χ4n) is 4.46. The quantitative estimate of drug-likeness (QED) is 0.440. The number of hydrogen-bond acceptors (Lipinski definition) is 6. The van der Waals surface area contributed by atoms with Crippen LogP contribution in [-0.2, 0) is 0 Å². The Morgan fingerprint density at radius 3 is 2.41 bits per heavy atom. The molecule has 0 bridgehead atoms. The Balaban J connectivity index is 1.38. The smallest absolute Gasteiger partial charge is 0.449 e. The maximum Gasteiger partial charge on any atom is 0.511 e. The lowest BCUT2D eigenvalue weighted by atomic mass is 10.1. The van der Waals surface area contributed by atoms with E-state index < -0.39 is 17.4 Å². The van der Waals surface area contributed by atoms with Crippen LogP contribution < -0.4 is 15.1 Å². The van der Waals surface area contributed by atoms with Gasteiger partial charge < -0.3 is 19.3 Å². The van der Waals surface area contributed by atoms with E-state index in [0.717, 1.165) is 12.8 Å². The molecule has 1 saturated heterocycles. The minimum absolute atomic E-state index is 0.0544. The Morgan fingerprint density at radius 2 is 1.76 bits per heavy atom. The highest BCUT2D eigenvalue weighted by Crippen LogP contribution is 2.39. The summed E-state index contributed by atoms with van der Waals surface area (Å²) >= 11 is 0. The van der Waals surface area contributed by atoms with Gasteiger partial charge >= 0.3 is 6.16 Å². The standard InChI is InChI=1S/C25H24FN3O5/c26-19-12-18-20(29(17-6-7-17)15-23(24(18)31)34-25(32)33)13-21(19)28-10-8-27(9-11-28)14-22(30)16-4-2-1-3-5-16/h1-5,12-13,15,17H,6-11,14H2,(H,32,33). The highest BCUT2D eigenvalue weighted by Gasteiger charge is 2.28. The molecule has 5 rings (SSSR count). The summed E-state index contributed by atoms with van der Waals surface area (Å²) in [6.07, 6.45) is 1.61. The second-order valence-corrected chi connectivity index (χ2v) is 8.70. The van der Waals surface area contributed by atoms with Gasteiger partial charge in [-0.2, -0.15) is 0 Å². The monoisotopic (exact) mass is 465 g/mol. The van der Waals surface area contributed by atoms with Crippen LogP contribution in [0.25, 0.3) is 10.9 Å². The van der Waals surface area contributed by atoms with Gasteiger partial charge in [0.1, 0.15) is 5.82 Å². The molecular formula is C25H24FN3O5. The molecule has 1 aliphatic heterocycles. The minimum Gasteiger partial charge on any atom is -0.449 e. The number of nitrogens with zero attached hydrogens (tertiary/aromatic N) is 3. The van der Waals surface area contributed by atoms with Crippen LogP contribution in [-0.4, -0.2) is 59.2 Å². The highest BCUT2D eigenvalue weighted by atomic mass is 19.1. The maximum absolute atomic E-state index is 15.1. The number of carbonyl (C=O) groups excluding carboxylic acids is 1. The van der Waals surface area contributed by atoms with Crippen molar-refractivity contribution in [1.29, 1.82) is 0 Å². The van der Waals surface area contributed by atoms with Crippen LogP contribution in [0.2, 0.25) is 0 Å². The van der Waals surface area contributed by atoms with Crippen LogP contribution in [0, 0.1) is 5.82 Å². The third kappa shape index (κ3) is 4.38. The summed E-state index contributed by atoms with van der Waals surface area (Å²) in [6.45, 7) is 2.61. The summed E-state index contributed by atoms with van der Waals surface area (Å²) in [5, 5.41) is 9.04. The normalized spacial score (nSPS) is 16.6. The molecule has 34 heavy (non-hydrogen) atoms. The van der Waals surface area contributed by atoms with Crippen LogP contribution in [0.4, 0.5) is 14.9 Å². The highest BCUT2D eigenvalue weighted by molar-refractivity contribution is 5.97. The molecule has 1 aromatic heterocycles. The van der Waals surface area contributed by atoms with Gasteiger partial charge in [0.25, 0.3) is 0 Å². The maximum atomic E-state index is 15.1. The number of ether oxygens (including phenoxy) is 1. The predicted molar refractivity (Wildman–Crippen MR) is 125 cm³/mol. The predicted octanol–water partition coefficient (Wildman–Crippen LogP) is 3.54. The zero-order chi connectivity index (χ0) is 23.8. The van der Waals surface area contributed by atoms with Gasteiger partial charge in [0.05, 0.1) is 29.3 Å². The molecule has 1 saturated carbocycles. The van der Waals surface area contributed by atoms with Crippen molar-refractivity contribution in [2.24, 2.45) is 0 Å². The number of hydrogen-bond donors (Lipinski definition) is 1. The van der Waals surface area contributed by atoms with Crippen molar-refractivity contribution < 1.29 is 23.8 Å². The topological polar surface area (TPSA) is 92.1 Å². The van der Waals surface area contributed by atoms with E-state index in [9.17, 15) is 14.4 Å². The average Bonchev–Trinajstić information content (AvgIpc) is 3.67. The van der Waals surface area contributed by atoms with Crippen LogP contribution in [0.3, 0.4) is 0 Å². The molecular weight excluding hydrogens is 441 g/mol. The minimum atomic E-state index is -1.58. The Kier molecular flexibility index (Phi) is 5.79. The zero-order valence-electron chi connectivity index (χ0n) is 18.4. The lowest BCUT2D eigenvalue weighted by Crippen LogP contribution is -2.48. The first kappa shape index (κ1) is 22.1. The van der Waals surface area contributed by atoms with Crippen molar-refractivity contribution in [3.8, 4) is 5.75 Å². The van der Waals surface area contributed by atoms with Crippen molar-refractivity contribution in [2.75, 3.05) is 37.6 Å². The summed E-state index contributed by atoms with van der Waals surface area (Å²) in [5.41, 5.74) is 0.976. The van der Waals surface area contributed by atoms with Crippen molar-refractivity contribution >= 4 is 28.5 Å².